The van der Waals surface area contributed by atoms with Gasteiger partial charge in [-0.3, -0.25) is 4.79 Å². The van der Waals surface area contributed by atoms with Gasteiger partial charge in [-0.05, 0) is 50.5 Å². The molecule has 3 nitrogen and oxygen atoms in total. The maximum absolute atomic E-state index is 12.1. The van der Waals surface area contributed by atoms with Crippen molar-refractivity contribution in [3.8, 4) is 11.3 Å². The summed E-state index contributed by atoms with van der Waals surface area (Å²) in [6, 6.07) is 4.28. The summed E-state index contributed by atoms with van der Waals surface area (Å²) in [5.74, 6) is 0.946. The third-order valence-corrected chi connectivity index (χ3v) is 3.81. The van der Waals surface area contributed by atoms with Crippen molar-refractivity contribution in [2.24, 2.45) is 0 Å². The fourth-order valence-corrected chi connectivity index (χ4v) is 2.30. The third kappa shape index (κ3) is 2.53. The first kappa shape index (κ1) is 14.5. The van der Waals surface area contributed by atoms with Gasteiger partial charge in [-0.15, -0.1) is 0 Å². The van der Waals surface area contributed by atoms with Crippen LogP contribution in [0.2, 0.25) is 0 Å². The van der Waals surface area contributed by atoms with E-state index in [1.807, 2.05) is 20.8 Å². The largest absolute Gasteiger partial charge is 0.310 e. The molecule has 0 aliphatic rings. The summed E-state index contributed by atoms with van der Waals surface area (Å²) in [5, 5.41) is 0. The predicted molar refractivity (Wildman–Crippen MR) is 83.3 cm³/mol. The van der Waals surface area contributed by atoms with Crippen molar-refractivity contribution in [1.29, 1.82) is 0 Å². The number of nitrogens with one attached hydrogen (secondary N) is 1. The summed E-state index contributed by atoms with van der Waals surface area (Å²) < 4.78 is 0. The van der Waals surface area contributed by atoms with Crippen molar-refractivity contribution in [2.75, 3.05) is 0 Å². The summed E-state index contributed by atoms with van der Waals surface area (Å²) in [4.78, 5) is 19.6. The molecule has 0 spiro atoms. The number of H-pyrrole nitrogens is 1. The van der Waals surface area contributed by atoms with Crippen LogP contribution in [0.15, 0.2) is 16.9 Å². The maximum atomic E-state index is 12.1. The Morgan fingerprint density at radius 1 is 1.00 bits per heavy atom. The Morgan fingerprint density at radius 2 is 1.60 bits per heavy atom. The minimum Gasteiger partial charge on any atom is -0.310 e. The lowest BCUT2D eigenvalue weighted by molar-refractivity contribution is 0.764. The van der Waals surface area contributed by atoms with Crippen molar-refractivity contribution in [3.63, 3.8) is 0 Å². The van der Waals surface area contributed by atoms with Crippen LogP contribution in [0.25, 0.3) is 11.3 Å². The second-order valence-corrected chi connectivity index (χ2v) is 5.83. The molecule has 0 saturated heterocycles. The van der Waals surface area contributed by atoms with E-state index in [0.29, 0.717) is 5.56 Å². The monoisotopic (exact) mass is 270 g/mol. The summed E-state index contributed by atoms with van der Waals surface area (Å²) >= 11 is 0. The zero-order valence-corrected chi connectivity index (χ0v) is 13.1. The van der Waals surface area contributed by atoms with Gasteiger partial charge in [-0.25, -0.2) is 4.98 Å². The van der Waals surface area contributed by atoms with Crippen LogP contribution in [0.5, 0.6) is 0 Å². The van der Waals surface area contributed by atoms with E-state index in [1.54, 1.807) is 0 Å². The summed E-state index contributed by atoms with van der Waals surface area (Å²) in [7, 11) is 0. The fourth-order valence-electron chi connectivity index (χ4n) is 2.30. The maximum Gasteiger partial charge on any atom is 0.254 e. The predicted octanol–water partition coefficient (Wildman–Crippen LogP) is 3.79. The van der Waals surface area contributed by atoms with Crippen LogP contribution in [0, 0.1) is 27.7 Å². The van der Waals surface area contributed by atoms with Gasteiger partial charge in [-0.1, -0.05) is 19.9 Å². The van der Waals surface area contributed by atoms with Crippen LogP contribution in [-0.4, -0.2) is 9.97 Å². The van der Waals surface area contributed by atoms with E-state index in [-0.39, 0.29) is 11.5 Å². The van der Waals surface area contributed by atoms with Crippen LogP contribution in [0.1, 0.15) is 47.8 Å². The van der Waals surface area contributed by atoms with Crippen LogP contribution >= 0.6 is 0 Å². The molecule has 1 N–H and O–H groups in total. The first-order valence-corrected chi connectivity index (χ1v) is 7.00. The molecule has 0 radical (unpaired) electrons. The molecule has 3 heteroatoms. The molecule has 2 aromatic rings. The van der Waals surface area contributed by atoms with E-state index >= 15 is 0 Å². The molecule has 1 aromatic heterocycles. The zero-order valence-electron chi connectivity index (χ0n) is 13.1. The lowest BCUT2D eigenvalue weighted by atomic mass is 9.96. The number of rotatable bonds is 2. The Kier molecular flexibility index (Phi) is 3.80. The van der Waals surface area contributed by atoms with E-state index < -0.39 is 0 Å². The molecule has 0 bridgehead atoms. The molecule has 2 rings (SSSR count). The highest BCUT2D eigenvalue weighted by Gasteiger charge is 2.14. The summed E-state index contributed by atoms with van der Waals surface area (Å²) in [6.45, 7) is 12.2. The van der Waals surface area contributed by atoms with Crippen molar-refractivity contribution >= 4 is 0 Å². The molecule has 0 amide bonds. The summed E-state index contributed by atoms with van der Waals surface area (Å²) in [5.41, 5.74) is 6.13. The molecule has 106 valence electrons. The van der Waals surface area contributed by atoms with Gasteiger partial charge in [0.1, 0.15) is 5.82 Å². The van der Waals surface area contributed by atoms with Crippen LogP contribution in [0.3, 0.4) is 0 Å². The number of nitrogens with zero attached hydrogens (tertiary/aromatic N) is 1. The number of hydrogen-bond acceptors (Lipinski definition) is 2. The molecule has 0 aliphatic carbocycles. The van der Waals surface area contributed by atoms with Crippen molar-refractivity contribution in [2.45, 2.75) is 47.5 Å². The Hall–Kier alpha value is -1.90. The second-order valence-electron chi connectivity index (χ2n) is 5.83. The third-order valence-electron chi connectivity index (χ3n) is 3.81. The minimum absolute atomic E-state index is 0.0451. The standard InChI is InChI=1S/C17H22N2O/c1-9(2)16-18-15(13(6)17(20)19-16)14-8-11(4)10(3)7-12(14)5/h7-9H,1-6H3,(H,18,19,20). The first-order valence-electron chi connectivity index (χ1n) is 7.00. The molecule has 0 saturated carbocycles. The highest BCUT2D eigenvalue weighted by Crippen LogP contribution is 2.27. The van der Waals surface area contributed by atoms with Crippen LogP contribution < -0.4 is 5.56 Å². The van der Waals surface area contributed by atoms with Crippen molar-refractivity contribution in [1.82, 2.24) is 9.97 Å². The van der Waals surface area contributed by atoms with E-state index in [4.69, 9.17) is 0 Å². The average molecular weight is 270 g/mol. The molecule has 0 fully saturated rings. The van der Waals surface area contributed by atoms with Gasteiger partial charge in [0.25, 0.3) is 5.56 Å². The number of aromatic amines is 1. The number of aromatic nitrogens is 2. The smallest absolute Gasteiger partial charge is 0.254 e. The lowest BCUT2D eigenvalue weighted by Gasteiger charge is -2.13. The topological polar surface area (TPSA) is 45.8 Å². The van der Waals surface area contributed by atoms with E-state index in [0.717, 1.165) is 22.6 Å². The van der Waals surface area contributed by atoms with Crippen LogP contribution in [0.4, 0.5) is 0 Å². The number of hydrogen-bond donors (Lipinski definition) is 1. The number of benzene rings is 1. The van der Waals surface area contributed by atoms with E-state index in [1.165, 1.54) is 11.1 Å². The molecule has 0 aliphatic heterocycles. The van der Waals surface area contributed by atoms with E-state index in [9.17, 15) is 4.79 Å². The highest BCUT2D eigenvalue weighted by atomic mass is 16.1. The Bertz CT molecular complexity index is 712. The average Bonchev–Trinajstić information content (AvgIpc) is 2.37. The van der Waals surface area contributed by atoms with Crippen molar-refractivity contribution in [3.05, 3.63) is 50.6 Å². The highest BCUT2D eigenvalue weighted by molar-refractivity contribution is 5.68. The Balaban J connectivity index is 2.75. The number of aryl methyl sites for hydroxylation is 3. The molecule has 1 aromatic carbocycles. The van der Waals surface area contributed by atoms with E-state index in [2.05, 4.69) is 42.9 Å². The molecule has 0 unspecified atom stereocenters. The minimum atomic E-state index is -0.0451. The Labute approximate surface area is 120 Å². The van der Waals surface area contributed by atoms with Gasteiger partial charge < -0.3 is 4.98 Å². The zero-order chi connectivity index (χ0) is 15.0. The van der Waals surface area contributed by atoms with Gasteiger partial charge in [0.15, 0.2) is 0 Å². The quantitative estimate of drug-likeness (QED) is 0.902. The first-order chi connectivity index (χ1) is 9.31. The van der Waals surface area contributed by atoms with Crippen LogP contribution in [-0.2, 0) is 0 Å². The summed E-state index contributed by atoms with van der Waals surface area (Å²) in [6.07, 6.45) is 0. The van der Waals surface area contributed by atoms with Gasteiger partial charge in [0.05, 0.1) is 5.69 Å². The van der Waals surface area contributed by atoms with Gasteiger partial charge in [-0.2, -0.15) is 0 Å². The molecular weight excluding hydrogens is 248 g/mol. The molecule has 0 atom stereocenters. The molecule has 20 heavy (non-hydrogen) atoms. The van der Waals surface area contributed by atoms with Gasteiger partial charge in [0.2, 0.25) is 0 Å². The SMILES string of the molecule is Cc1cc(C)c(-c2nc(C(C)C)[nH]c(=O)c2C)cc1C. The van der Waals surface area contributed by atoms with Crippen molar-refractivity contribution < 1.29 is 0 Å². The fraction of sp³-hybridized carbons (Fsp3) is 0.412. The molecule has 1 heterocycles. The normalized spacial score (nSPS) is 11.2. The lowest BCUT2D eigenvalue weighted by Crippen LogP contribution is -2.17. The van der Waals surface area contributed by atoms with Gasteiger partial charge in [0, 0.05) is 17.0 Å². The molecular formula is C17H22N2O. The Morgan fingerprint density at radius 3 is 2.20 bits per heavy atom. The van der Waals surface area contributed by atoms with Gasteiger partial charge >= 0.3 is 0 Å². The second kappa shape index (κ2) is 5.23.